The number of carbonyl (C=O) groups is 2. The molecule has 0 spiro atoms. The molecule has 8 nitrogen and oxygen atoms in total. The molecule has 0 radical (unpaired) electrons. The molecule has 1 amide bonds. The number of hydrogen-bond acceptors (Lipinski definition) is 5. The topological polar surface area (TPSA) is 97.6 Å². The zero-order valence-electron chi connectivity index (χ0n) is 10.6. The van der Waals surface area contributed by atoms with Crippen LogP contribution in [0.4, 0.5) is 0 Å². The molecule has 104 valence electrons. The van der Waals surface area contributed by atoms with Crippen LogP contribution in [0.5, 0.6) is 0 Å². The van der Waals surface area contributed by atoms with Crippen LogP contribution in [0.25, 0.3) is 0 Å². The van der Waals surface area contributed by atoms with Crippen LogP contribution in [0.15, 0.2) is 12.7 Å². The molecule has 8 heteroatoms. The molecular formula is C11H16N4O4. The van der Waals surface area contributed by atoms with Gasteiger partial charge in [-0.15, -0.1) is 0 Å². The molecule has 1 aliphatic rings. The van der Waals surface area contributed by atoms with Crippen LogP contribution in [0.2, 0.25) is 0 Å². The summed E-state index contributed by atoms with van der Waals surface area (Å²) in [7, 11) is 0. The zero-order chi connectivity index (χ0) is 13.8. The van der Waals surface area contributed by atoms with Gasteiger partial charge in [-0.1, -0.05) is 0 Å². The Bertz CT molecular complexity index is 448. The van der Waals surface area contributed by atoms with Crippen LogP contribution >= 0.6 is 0 Å². The molecule has 1 aliphatic heterocycles. The molecule has 0 aliphatic carbocycles. The summed E-state index contributed by atoms with van der Waals surface area (Å²) >= 11 is 0. The predicted octanol–water partition coefficient (Wildman–Crippen LogP) is -0.459. The lowest BCUT2D eigenvalue weighted by Crippen LogP contribution is -2.51. The fourth-order valence-corrected chi connectivity index (χ4v) is 2.09. The molecule has 1 saturated heterocycles. The maximum absolute atomic E-state index is 12.4. The monoisotopic (exact) mass is 268 g/mol. The number of ether oxygens (including phenoxy) is 1. The first-order valence-corrected chi connectivity index (χ1v) is 6.03. The number of hydrogen-bond donors (Lipinski definition) is 1. The lowest BCUT2D eigenvalue weighted by molar-refractivity contribution is -0.148. The number of carbonyl (C=O) groups excluding carboxylic acids is 1. The molecule has 1 N–H and O–H groups in total. The minimum absolute atomic E-state index is 0.115. The molecule has 2 rings (SSSR count). The van der Waals surface area contributed by atoms with Gasteiger partial charge in [-0.2, -0.15) is 5.10 Å². The van der Waals surface area contributed by atoms with Gasteiger partial charge in [0, 0.05) is 6.54 Å². The normalized spacial score (nSPS) is 21.1. The Morgan fingerprint density at radius 2 is 2.37 bits per heavy atom. The number of aliphatic carboxylic acids is 1. The van der Waals surface area contributed by atoms with Crippen molar-refractivity contribution in [2.45, 2.75) is 25.4 Å². The fourth-order valence-electron chi connectivity index (χ4n) is 2.09. The average Bonchev–Trinajstić information content (AvgIpc) is 2.91. The molecule has 0 bridgehead atoms. The van der Waals surface area contributed by atoms with Gasteiger partial charge in [-0.05, 0) is 6.92 Å². The van der Waals surface area contributed by atoms with Gasteiger partial charge in [-0.25, -0.2) is 9.67 Å². The molecule has 2 heterocycles. The summed E-state index contributed by atoms with van der Waals surface area (Å²) in [6.07, 6.45) is 2.71. The van der Waals surface area contributed by atoms with E-state index in [9.17, 15) is 9.59 Å². The lowest BCUT2D eigenvalue weighted by atomic mass is 10.1. The number of aromatic nitrogens is 3. The maximum atomic E-state index is 12.4. The minimum Gasteiger partial charge on any atom is -0.481 e. The molecule has 2 unspecified atom stereocenters. The van der Waals surface area contributed by atoms with Gasteiger partial charge in [0.1, 0.15) is 18.7 Å². The van der Waals surface area contributed by atoms with Crippen molar-refractivity contribution in [2.75, 3.05) is 19.8 Å². The van der Waals surface area contributed by atoms with Crippen molar-refractivity contribution >= 4 is 11.9 Å². The third kappa shape index (κ3) is 3.08. The standard InChI is InChI=1S/C11H16N4O4/c1-8(15-7-12-6-13-15)11(18)14-2-3-19-5-9(14)4-10(16)17/h6-9H,2-5H2,1H3,(H,16,17). The van der Waals surface area contributed by atoms with Gasteiger partial charge in [0.2, 0.25) is 5.91 Å². The molecular weight excluding hydrogens is 252 g/mol. The Morgan fingerprint density at radius 1 is 1.58 bits per heavy atom. The highest BCUT2D eigenvalue weighted by atomic mass is 16.5. The van der Waals surface area contributed by atoms with Gasteiger partial charge in [-0.3, -0.25) is 9.59 Å². The van der Waals surface area contributed by atoms with E-state index in [-0.39, 0.29) is 18.9 Å². The first-order chi connectivity index (χ1) is 9.09. The molecule has 1 aromatic heterocycles. The number of morpholine rings is 1. The summed E-state index contributed by atoms with van der Waals surface area (Å²) in [6.45, 7) is 2.79. The highest BCUT2D eigenvalue weighted by Crippen LogP contribution is 2.16. The van der Waals surface area contributed by atoms with Gasteiger partial charge in [0.15, 0.2) is 0 Å². The van der Waals surface area contributed by atoms with Gasteiger partial charge in [0.05, 0.1) is 25.7 Å². The Balaban J connectivity index is 2.08. The van der Waals surface area contributed by atoms with Gasteiger partial charge in [0.25, 0.3) is 0 Å². The molecule has 19 heavy (non-hydrogen) atoms. The molecule has 1 aromatic rings. The smallest absolute Gasteiger partial charge is 0.305 e. The highest BCUT2D eigenvalue weighted by molar-refractivity contribution is 5.81. The maximum Gasteiger partial charge on any atom is 0.305 e. The largest absolute Gasteiger partial charge is 0.481 e. The summed E-state index contributed by atoms with van der Waals surface area (Å²) in [4.78, 5) is 28.6. The van der Waals surface area contributed by atoms with Crippen LogP contribution < -0.4 is 0 Å². The SMILES string of the molecule is CC(C(=O)N1CCOCC1CC(=O)O)n1cncn1. The van der Waals surface area contributed by atoms with Crippen LogP contribution in [0.3, 0.4) is 0 Å². The zero-order valence-corrected chi connectivity index (χ0v) is 10.6. The van der Waals surface area contributed by atoms with Crippen molar-refractivity contribution in [1.82, 2.24) is 19.7 Å². The molecule has 2 atom stereocenters. The van der Waals surface area contributed by atoms with Crippen molar-refractivity contribution in [3.8, 4) is 0 Å². The second kappa shape index (κ2) is 5.79. The Labute approximate surface area is 110 Å². The Hall–Kier alpha value is -1.96. The van der Waals surface area contributed by atoms with Crippen molar-refractivity contribution in [3.63, 3.8) is 0 Å². The minimum atomic E-state index is -0.943. The number of nitrogens with zero attached hydrogens (tertiary/aromatic N) is 4. The summed E-state index contributed by atoms with van der Waals surface area (Å²) in [5.74, 6) is -1.11. The van der Waals surface area contributed by atoms with E-state index in [1.165, 1.54) is 17.3 Å². The second-order valence-electron chi connectivity index (χ2n) is 4.41. The van der Waals surface area contributed by atoms with Crippen molar-refractivity contribution < 1.29 is 19.4 Å². The third-order valence-electron chi connectivity index (χ3n) is 3.11. The molecule has 0 saturated carbocycles. The van der Waals surface area contributed by atoms with E-state index in [1.54, 1.807) is 11.8 Å². The number of carboxylic acid groups (broad SMARTS) is 1. The number of rotatable bonds is 4. The summed E-state index contributed by atoms with van der Waals surface area (Å²) in [5.41, 5.74) is 0. The Morgan fingerprint density at radius 3 is 3.00 bits per heavy atom. The van der Waals surface area contributed by atoms with Gasteiger partial charge >= 0.3 is 5.97 Å². The van der Waals surface area contributed by atoms with E-state index in [4.69, 9.17) is 9.84 Å². The van der Waals surface area contributed by atoms with Gasteiger partial charge < -0.3 is 14.7 Å². The Kier molecular flexibility index (Phi) is 4.10. The third-order valence-corrected chi connectivity index (χ3v) is 3.11. The number of amides is 1. The quantitative estimate of drug-likeness (QED) is 0.793. The van der Waals surface area contributed by atoms with Crippen LogP contribution in [-0.4, -0.2) is 62.4 Å². The van der Waals surface area contributed by atoms with Crippen molar-refractivity contribution in [1.29, 1.82) is 0 Å². The van der Waals surface area contributed by atoms with E-state index in [0.717, 1.165) is 0 Å². The van der Waals surface area contributed by atoms with Crippen molar-refractivity contribution in [3.05, 3.63) is 12.7 Å². The second-order valence-corrected chi connectivity index (χ2v) is 4.41. The van der Waals surface area contributed by atoms with E-state index < -0.39 is 18.1 Å². The van der Waals surface area contributed by atoms with Crippen molar-refractivity contribution in [2.24, 2.45) is 0 Å². The van der Waals surface area contributed by atoms with E-state index in [2.05, 4.69) is 10.1 Å². The molecule has 0 aromatic carbocycles. The first-order valence-electron chi connectivity index (χ1n) is 6.03. The summed E-state index contributed by atoms with van der Waals surface area (Å²) in [5, 5.41) is 12.8. The van der Waals surface area contributed by atoms with E-state index in [1.807, 2.05) is 0 Å². The predicted molar refractivity (Wildman–Crippen MR) is 63.3 cm³/mol. The highest BCUT2D eigenvalue weighted by Gasteiger charge is 2.32. The fraction of sp³-hybridized carbons (Fsp3) is 0.636. The van der Waals surface area contributed by atoms with E-state index in [0.29, 0.717) is 13.2 Å². The molecule has 1 fully saturated rings. The van der Waals surface area contributed by atoms with E-state index >= 15 is 0 Å². The summed E-state index contributed by atoms with van der Waals surface area (Å²) < 4.78 is 6.70. The average molecular weight is 268 g/mol. The number of carboxylic acids is 1. The lowest BCUT2D eigenvalue weighted by Gasteiger charge is -2.36. The first kappa shape index (κ1) is 13.5. The van der Waals surface area contributed by atoms with Crippen LogP contribution in [0.1, 0.15) is 19.4 Å². The summed E-state index contributed by atoms with van der Waals surface area (Å²) in [6, 6.07) is -0.929. The van der Waals surface area contributed by atoms with Crippen LogP contribution in [-0.2, 0) is 14.3 Å². The van der Waals surface area contributed by atoms with Crippen LogP contribution in [0, 0.1) is 0 Å².